The molecule has 0 unspecified atom stereocenters. The number of hydrogen-bond donors (Lipinski definition) is 1. The summed E-state index contributed by atoms with van der Waals surface area (Å²) in [6, 6.07) is 17.7. The molecule has 0 spiro atoms. The maximum absolute atomic E-state index is 8.73. The summed E-state index contributed by atoms with van der Waals surface area (Å²) in [6.07, 6.45) is 2.05. The lowest BCUT2D eigenvalue weighted by atomic mass is 10.2. The molecule has 0 radical (unpaired) electrons. The molecule has 1 N–H and O–H groups in total. The Balaban J connectivity index is 2.22. The van der Waals surface area contributed by atoms with Gasteiger partial charge in [-0.05, 0) is 42.7 Å². The van der Waals surface area contributed by atoms with Gasteiger partial charge in [0.25, 0.3) is 0 Å². The second-order valence-electron chi connectivity index (χ2n) is 3.51. The third kappa shape index (κ3) is 2.80. The average molecular weight is 240 g/mol. The maximum Gasteiger partial charge on any atom is 0.0991 e. The molecule has 0 bridgehead atoms. The molecule has 0 saturated carbocycles. The monoisotopic (exact) mass is 240 g/mol. The molecule has 17 heavy (non-hydrogen) atoms. The SMILES string of the molecule is CSc1ccccc1Nc1ccc(C#N)cc1. The maximum atomic E-state index is 8.73. The minimum Gasteiger partial charge on any atom is -0.355 e. The van der Waals surface area contributed by atoms with Gasteiger partial charge in [-0.3, -0.25) is 0 Å². The van der Waals surface area contributed by atoms with Gasteiger partial charge in [0.15, 0.2) is 0 Å². The van der Waals surface area contributed by atoms with Crippen LogP contribution in [0.25, 0.3) is 0 Å². The summed E-state index contributed by atoms with van der Waals surface area (Å²) in [5, 5.41) is 12.1. The van der Waals surface area contributed by atoms with Crippen molar-refractivity contribution in [3.8, 4) is 6.07 Å². The Hall–Kier alpha value is -1.92. The number of nitriles is 1. The van der Waals surface area contributed by atoms with Crippen LogP contribution in [-0.4, -0.2) is 6.26 Å². The van der Waals surface area contributed by atoms with Crippen LogP contribution in [-0.2, 0) is 0 Å². The largest absolute Gasteiger partial charge is 0.355 e. The van der Waals surface area contributed by atoms with Gasteiger partial charge in [0.05, 0.1) is 17.3 Å². The Morgan fingerprint density at radius 1 is 1.06 bits per heavy atom. The van der Waals surface area contributed by atoms with Crippen molar-refractivity contribution in [2.75, 3.05) is 11.6 Å². The highest BCUT2D eigenvalue weighted by Gasteiger charge is 2.00. The van der Waals surface area contributed by atoms with Crippen molar-refractivity contribution in [3.63, 3.8) is 0 Å². The molecule has 0 aliphatic rings. The van der Waals surface area contributed by atoms with E-state index in [4.69, 9.17) is 5.26 Å². The molecular formula is C14H12N2S. The zero-order valence-corrected chi connectivity index (χ0v) is 10.3. The van der Waals surface area contributed by atoms with Crippen molar-refractivity contribution in [3.05, 3.63) is 54.1 Å². The fourth-order valence-corrected chi connectivity index (χ4v) is 2.09. The van der Waals surface area contributed by atoms with Crippen LogP contribution < -0.4 is 5.32 Å². The number of rotatable bonds is 3. The van der Waals surface area contributed by atoms with Gasteiger partial charge in [0, 0.05) is 10.6 Å². The van der Waals surface area contributed by atoms with E-state index < -0.39 is 0 Å². The third-order valence-electron chi connectivity index (χ3n) is 2.40. The zero-order valence-electron chi connectivity index (χ0n) is 9.47. The summed E-state index contributed by atoms with van der Waals surface area (Å²) in [5.74, 6) is 0. The summed E-state index contributed by atoms with van der Waals surface area (Å²) >= 11 is 1.71. The molecule has 0 amide bonds. The molecule has 0 saturated heterocycles. The first-order chi connectivity index (χ1) is 8.33. The van der Waals surface area contributed by atoms with Gasteiger partial charge in [0.1, 0.15) is 0 Å². The lowest BCUT2D eigenvalue weighted by molar-refractivity contribution is 1.41. The molecule has 0 fully saturated rings. The van der Waals surface area contributed by atoms with E-state index in [1.54, 1.807) is 11.8 Å². The van der Waals surface area contributed by atoms with Crippen LogP contribution in [0.15, 0.2) is 53.4 Å². The van der Waals surface area contributed by atoms with Crippen LogP contribution in [0.1, 0.15) is 5.56 Å². The van der Waals surface area contributed by atoms with Gasteiger partial charge < -0.3 is 5.32 Å². The predicted octanol–water partition coefficient (Wildman–Crippen LogP) is 4.02. The van der Waals surface area contributed by atoms with E-state index in [0.29, 0.717) is 5.56 Å². The molecule has 0 aliphatic carbocycles. The van der Waals surface area contributed by atoms with Gasteiger partial charge in [-0.1, -0.05) is 12.1 Å². The van der Waals surface area contributed by atoms with E-state index in [9.17, 15) is 0 Å². The summed E-state index contributed by atoms with van der Waals surface area (Å²) < 4.78 is 0. The van der Waals surface area contributed by atoms with Crippen molar-refractivity contribution >= 4 is 23.1 Å². The van der Waals surface area contributed by atoms with Crippen LogP contribution in [0.5, 0.6) is 0 Å². The Kier molecular flexibility index (Phi) is 3.69. The summed E-state index contributed by atoms with van der Waals surface area (Å²) in [7, 11) is 0. The number of hydrogen-bond acceptors (Lipinski definition) is 3. The summed E-state index contributed by atoms with van der Waals surface area (Å²) in [6.45, 7) is 0. The van der Waals surface area contributed by atoms with E-state index >= 15 is 0 Å². The van der Waals surface area contributed by atoms with Crippen molar-refractivity contribution in [2.45, 2.75) is 4.90 Å². The molecule has 0 atom stereocenters. The van der Waals surface area contributed by atoms with Crippen LogP contribution in [0.2, 0.25) is 0 Å². The first-order valence-corrected chi connectivity index (χ1v) is 6.46. The Bertz CT molecular complexity index is 541. The molecular weight excluding hydrogens is 228 g/mol. The van der Waals surface area contributed by atoms with Crippen molar-refractivity contribution in [1.29, 1.82) is 5.26 Å². The third-order valence-corrected chi connectivity index (χ3v) is 3.20. The summed E-state index contributed by atoms with van der Waals surface area (Å²) in [5.41, 5.74) is 2.75. The Morgan fingerprint density at radius 2 is 1.76 bits per heavy atom. The van der Waals surface area contributed by atoms with Crippen LogP contribution in [0, 0.1) is 11.3 Å². The Labute approximate surface area is 105 Å². The first-order valence-electron chi connectivity index (χ1n) is 5.23. The fraction of sp³-hybridized carbons (Fsp3) is 0.0714. The minimum atomic E-state index is 0.675. The van der Waals surface area contributed by atoms with Crippen molar-refractivity contribution in [1.82, 2.24) is 0 Å². The lowest BCUT2D eigenvalue weighted by Gasteiger charge is -2.10. The highest BCUT2D eigenvalue weighted by atomic mass is 32.2. The van der Waals surface area contributed by atoms with Crippen LogP contribution >= 0.6 is 11.8 Å². The number of thioether (sulfide) groups is 1. The van der Waals surface area contributed by atoms with Crippen molar-refractivity contribution in [2.24, 2.45) is 0 Å². The van der Waals surface area contributed by atoms with E-state index in [0.717, 1.165) is 11.4 Å². The highest BCUT2D eigenvalue weighted by molar-refractivity contribution is 7.98. The summed E-state index contributed by atoms with van der Waals surface area (Å²) in [4.78, 5) is 1.21. The van der Waals surface area contributed by atoms with Gasteiger partial charge in [-0.15, -0.1) is 11.8 Å². The van der Waals surface area contributed by atoms with E-state index in [1.807, 2.05) is 42.5 Å². The second-order valence-corrected chi connectivity index (χ2v) is 4.36. The normalized spacial score (nSPS) is 9.65. The molecule has 2 nitrogen and oxygen atoms in total. The second kappa shape index (κ2) is 5.42. The highest BCUT2D eigenvalue weighted by Crippen LogP contribution is 2.27. The number of benzene rings is 2. The molecule has 0 heterocycles. The first kappa shape index (κ1) is 11.6. The lowest BCUT2D eigenvalue weighted by Crippen LogP contribution is -1.91. The Morgan fingerprint density at radius 3 is 2.41 bits per heavy atom. The topological polar surface area (TPSA) is 35.8 Å². The van der Waals surface area contributed by atoms with Crippen LogP contribution in [0.3, 0.4) is 0 Å². The number of anilines is 2. The zero-order chi connectivity index (χ0) is 12.1. The number of para-hydroxylation sites is 1. The van der Waals surface area contributed by atoms with Gasteiger partial charge in [-0.25, -0.2) is 0 Å². The predicted molar refractivity (Wildman–Crippen MR) is 72.7 cm³/mol. The molecule has 0 aliphatic heterocycles. The van der Waals surface area contributed by atoms with Gasteiger partial charge >= 0.3 is 0 Å². The van der Waals surface area contributed by atoms with Gasteiger partial charge in [-0.2, -0.15) is 5.26 Å². The van der Waals surface area contributed by atoms with E-state index in [1.165, 1.54) is 4.90 Å². The molecule has 84 valence electrons. The average Bonchev–Trinajstić information content (AvgIpc) is 2.40. The molecule has 2 rings (SSSR count). The smallest absolute Gasteiger partial charge is 0.0991 e. The number of nitrogens with one attached hydrogen (secondary N) is 1. The van der Waals surface area contributed by atoms with Gasteiger partial charge in [0.2, 0.25) is 0 Å². The fourth-order valence-electron chi connectivity index (χ4n) is 1.53. The molecule has 2 aromatic rings. The van der Waals surface area contributed by atoms with E-state index in [2.05, 4.69) is 23.7 Å². The molecule has 0 aromatic heterocycles. The molecule has 3 heteroatoms. The van der Waals surface area contributed by atoms with Crippen molar-refractivity contribution < 1.29 is 0 Å². The minimum absolute atomic E-state index is 0.675. The van der Waals surface area contributed by atoms with Crippen LogP contribution in [0.4, 0.5) is 11.4 Å². The standard InChI is InChI=1S/C14H12N2S/c1-17-14-5-3-2-4-13(14)16-12-8-6-11(10-15)7-9-12/h2-9,16H,1H3. The van der Waals surface area contributed by atoms with E-state index in [-0.39, 0.29) is 0 Å². The quantitative estimate of drug-likeness (QED) is 0.823. The number of nitrogens with zero attached hydrogens (tertiary/aromatic N) is 1. The molecule has 2 aromatic carbocycles.